The fraction of sp³-hybridized carbons (Fsp3) is 0.762. The Labute approximate surface area is 163 Å². The average molecular weight is 374 g/mol. The van der Waals surface area contributed by atoms with Gasteiger partial charge in [0, 0.05) is 32.2 Å². The van der Waals surface area contributed by atoms with E-state index in [-0.39, 0.29) is 11.3 Å². The maximum atomic E-state index is 13.2. The van der Waals surface area contributed by atoms with Gasteiger partial charge in [0.05, 0.1) is 11.1 Å². The molecule has 0 spiro atoms. The number of hydrogen-bond acceptors (Lipinski definition) is 5. The Morgan fingerprint density at radius 1 is 1.30 bits per heavy atom. The summed E-state index contributed by atoms with van der Waals surface area (Å²) in [5, 5.41) is 6.44. The van der Waals surface area contributed by atoms with E-state index < -0.39 is 0 Å². The second-order valence-electron chi connectivity index (χ2n) is 8.49. The lowest BCUT2D eigenvalue weighted by molar-refractivity contribution is -0.131. The first-order chi connectivity index (χ1) is 13.0. The highest BCUT2D eigenvalue weighted by molar-refractivity contribution is 5.84. The molecule has 1 aliphatic carbocycles. The van der Waals surface area contributed by atoms with Crippen LogP contribution in [0.3, 0.4) is 0 Å². The molecule has 1 aromatic rings. The van der Waals surface area contributed by atoms with E-state index in [0.717, 1.165) is 50.3 Å². The van der Waals surface area contributed by atoms with Gasteiger partial charge in [0.15, 0.2) is 0 Å². The second kappa shape index (κ2) is 8.44. The molecule has 2 aliphatic rings. The summed E-state index contributed by atoms with van der Waals surface area (Å²) in [6.07, 6.45) is 7.79. The number of carbonyl (C=O) groups is 1. The highest BCUT2D eigenvalue weighted by atomic mass is 16.2. The zero-order valence-corrected chi connectivity index (χ0v) is 17.3. The van der Waals surface area contributed by atoms with Crippen molar-refractivity contribution in [2.75, 3.05) is 30.4 Å². The number of aromatic nitrogens is 2. The van der Waals surface area contributed by atoms with Gasteiger partial charge in [-0.3, -0.25) is 4.79 Å². The number of nitrogens with zero attached hydrogens (tertiary/aromatic N) is 3. The Hall–Kier alpha value is -1.85. The number of carbonyl (C=O) groups excluding carboxylic acids is 1. The van der Waals surface area contributed by atoms with Crippen LogP contribution in [0.1, 0.15) is 77.3 Å². The molecule has 150 valence electrons. The van der Waals surface area contributed by atoms with E-state index in [4.69, 9.17) is 0 Å². The van der Waals surface area contributed by atoms with E-state index in [0.29, 0.717) is 17.9 Å². The smallest absolute Gasteiger partial charge is 0.228 e. The summed E-state index contributed by atoms with van der Waals surface area (Å²) in [6.45, 7) is 8.03. The summed E-state index contributed by atoms with van der Waals surface area (Å²) in [6, 6.07) is 2.45. The predicted molar refractivity (Wildman–Crippen MR) is 110 cm³/mol. The average Bonchev–Trinajstić information content (AvgIpc) is 3.14. The van der Waals surface area contributed by atoms with Crippen molar-refractivity contribution >= 4 is 17.7 Å². The van der Waals surface area contributed by atoms with Crippen molar-refractivity contribution in [2.45, 2.75) is 77.7 Å². The topological polar surface area (TPSA) is 70.2 Å². The minimum absolute atomic E-state index is 0.242. The molecule has 1 atom stereocenters. The fourth-order valence-electron chi connectivity index (χ4n) is 4.31. The Bertz CT molecular complexity index is 656. The molecule has 1 saturated carbocycles. The molecule has 3 rings (SSSR count). The monoisotopic (exact) mass is 373 g/mol. The van der Waals surface area contributed by atoms with Gasteiger partial charge >= 0.3 is 0 Å². The third-order valence-electron chi connectivity index (χ3n) is 6.32. The van der Waals surface area contributed by atoms with Gasteiger partial charge < -0.3 is 15.5 Å². The molecule has 2 fully saturated rings. The van der Waals surface area contributed by atoms with Crippen molar-refractivity contribution in [1.82, 2.24) is 15.3 Å². The van der Waals surface area contributed by atoms with Gasteiger partial charge in [-0.25, -0.2) is 4.98 Å². The number of hydrogen-bond donors (Lipinski definition) is 2. The maximum absolute atomic E-state index is 13.2. The molecular weight excluding hydrogens is 338 g/mol. The third-order valence-corrected chi connectivity index (χ3v) is 6.32. The summed E-state index contributed by atoms with van der Waals surface area (Å²) in [5.41, 5.74) is 0.727. The number of amides is 1. The van der Waals surface area contributed by atoms with Gasteiger partial charge in [-0.15, -0.1) is 0 Å². The molecule has 1 aliphatic heterocycles. The quantitative estimate of drug-likeness (QED) is 0.796. The van der Waals surface area contributed by atoms with E-state index in [1.165, 1.54) is 19.3 Å². The SMILES string of the molecule is CC[C@@]1(C(=O)NC2CCCCC2)CCN(c2cc(C(C)C)nc(NC)n2)C1. The van der Waals surface area contributed by atoms with Crippen LogP contribution in [0.5, 0.6) is 0 Å². The van der Waals surface area contributed by atoms with Crippen LogP contribution in [0.2, 0.25) is 0 Å². The van der Waals surface area contributed by atoms with Crippen LogP contribution in [0.15, 0.2) is 6.07 Å². The minimum atomic E-state index is -0.305. The van der Waals surface area contributed by atoms with Crippen molar-refractivity contribution in [2.24, 2.45) is 5.41 Å². The van der Waals surface area contributed by atoms with E-state index in [9.17, 15) is 4.79 Å². The van der Waals surface area contributed by atoms with E-state index in [1.807, 2.05) is 7.05 Å². The van der Waals surface area contributed by atoms with Crippen molar-refractivity contribution in [3.63, 3.8) is 0 Å². The highest BCUT2D eigenvalue weighted by Gasteiger charge is 2.44. The normalized spacial score (nSPS) is 23.7. The number of rotatable bonds is 6. The van der Waals surface area contributed by atoms with Crippen LogP contribution in [-0.2, 0) is 4.79 Å². The summed E-state index contributed by atoms with van der Waals surface area (Å²) in [5.74, 6) is 2.16. The van der Waals surface area contributed by atoms with Crippen molar-refractivity contribution in [1.29, 1.82) is 0 Å². The molecule has 0 bridgehead atoms. The standard InChI is InChI=1S/C21H35N5O/c1-5-21(19(27)23-16-9-7-6-8-10-16)11-12-26(14-21)18-13-17(15(2)3)24-20(22-4)25-18/h13,15-16H,5-12,14H2,1-4H3,(H,23,27)(H,22,24,25)/t21-/m1/s1. The van der Waals surface area contributed by atoms with Crippen molar-refractivity contribution in [3.8, 4) is 0 Å². The molecule has 1 saturated heterocycles. The molecule has 1 amide bonds. The van der Waals surface area contributed by atoms with Gasteiger partial charge in [-0.2, -0.15) is 4.98 Å². The molecular formula is C21H35N5O. The molecule has 6 heteroatoms. The lowest BCUT2D eigenvalue weighted by Gasteiger charge is -2.31. The second-order valence-corrected chi connectivity index (χ2v) is 8.49. The summed E-state index contributed by atoms with van der Waals surface area (Å²) >= 11 is 0. The predicted octanol–water partition coefficient (Wildman–Crippen LogP) is 3.70. The van der Waals surface area contributed by atoms with E-state index >= 15 is 0 Å². The fourth-order valence-corrected chi connectivity index (χ4v) is 4.31. The third kappa shape index (κ3) is 4.36. The largest absolute Gasteiger partial charge is 0.357 e. The van der Waals surface area contributed by atoms with Crippen LogP contribution < -0.4 is 15.5 Å². The van der Waals surface area contributed by atoms with Crippen LogP contribution in [-0.4, -0.2) is 42.1 Å². The summed E-state index contributed by atoms with van der Waals surface area (Å²) in [4.78, 5) is 24.6. The number of anilines is 2. The van der Waals surface area contributed by atoms with E-state index in [1.54, 1.807) is 0 Å². The Morgan fingerprint density at radius 2 is 2.04 bits per heavy atom. The Kier molecular flexibility index (Phi) is 6.22. The van der Waals surface area contributed by atoms with Gasteiger partial charge in [0.2, 0.25) is 11.9 Å². The van der Waals surface area contributed by atoms with Crippen LogP contribution in [0.25, 0.3) is 0 Å². The summed E-state index contributed by atoms with van der Waals surface area (Å²) < 4.78 is 0. The molecule has 6 nitrogen and oxygen atoms in total. The molecule has 2 heterocycles. The molecule has 27 heavy (non-hydrogen) atoms. The first-order valence-corrected chi connectivity index (χ1v) is 10.6. The summed E-state index contributed by atoms with van der Waals surface area (Å²) in [7, 11) is 1.85. The van der Waals surface area contributed by atoms with Crippen LogP contribution >= 0.6 is 0 Å². The Balaban J connectivity index is 1.75. The van der Waals surface area contributed by atoms with Gasteiger partial charge in [-0.1, -0.05) is 40.0 Å². The Morgan fingerprint density at radius 3 is 2.67 bits per heavy atom. The van der Waals surface area contributed by atoms with Crippen molar-refractivity contribution in [3.05, 3.63) is 11.8 Å². The first-order valence-electron chi connectivity index (χ1n) is 10.6. The van der Waals surface area contributed by atoms with Gasteiger partial charge in [0.25, 0.3) is 0 Å². The molecule has 0 radical (unpaired) electrons. The highest BCUT2D eigenvalue weighted by Crippen LogP contribution is 2.37. The number of nitrogens with one attached hydrogen (secondary N) is 2. The lowest BCUT2D eigenvalue weighted by Crippen LogP contribution is -2.47. The molecule has 2 N–H and O–H groups in total. The molecule has 0 unspecified atom stereocenters. The lowest BCUT2D eigenvalue weighted by atomic mass is 9.82. The van der Waals surface area contributed by atoms with Gasteiger partial charge in [0.1, 0.15) is 5.82 Å². The maximum Gasteiger partial charge on any atom is 0.228 e. The van der Waals surface area contributed by atoms with Crippen LogP contribution in [0, 0.1) is 5.41 Å². The van der Waals surface area contributed by atoms with Crippen molar-refractivity contribution < 1.29 is 4.79 Å². The molecule has 0 aromatic carbocycles. The molecule has 1 aromatic heterocycles. The van der Waals surface area contributed by atoms with Crippen LogP contribution in [0.4, 0.5) is 11.8 Å². The zero-order valence-electron chi connectivity index (χ0n) is 17.3. The van der Waals surface area contributed by atoms with Gasteiger partial charge in [-0.05, 0) is 31.6 Å². The minimum Gasteiger partial charge on any atom is -0.357 e. The zero-order chi connectivity index (χ0) is 19.4. The first kappa shape index (κ1) is 19.9. The van der Waals surface area contributed by atoms with E-state index in [2.05, 4.69) is 52.3 Å².